The highest BCUT2D eigenvalue weighted by Gasteiger charge is 2.17. The van der Waals surface area contributed by atoms with Crippen LogP contribution >= 0.6 is 0 Å². The molecule has 2 aliphatic rings. The van der Waals surface area contributed by atoms with Gasteiger partial charge in [-0.3, -0.25) is 0 Å². The van der Waals surface area contributed by atoms with E-state index in [-0.39, 0.29) is 0 Å². The molecule has 1 aromatic rings. The monoisotopic (exact) mass is 273 g/mol. The van der Waals surface area contributed by atoms with Crippen molar-refractivity contribution in [3.63, 3.8) is 0 Å². The Morgan fingerprint density at radius 2 is 1.40 bits per heavy atom. The summed E-state index contributed by atoms with van der Waals surface area (Å²) in [5.41, 5.74) is 1.18. The first-order chi connectivity index (χ1) is 9.90. The predicted molar refractivity (Wildman–Crippen MR) is 80.4 cm³/mol. The molecule has 0 amide bonds. The third kappa shape index (κ3) is 4.00. The minimum absolute atomic E-state index is 0.801. The number of nitrogens with zero attached hydrogens (tertiary/aromatic N) is 3. The van der Waals surface area contributed by atoms with Gasteiger partial charge in [-0.25, -0.2) is 4.98 Å². The number of rotatable bonds is 4. The van der Waals surface area contributed by atoms with Crippen molar-refractivity contribution in [2.75, 3.05) is 0 Å². The van der Waals surface area contributed by atoms with E-state index in [1.807, 2.05) is 6.20 Å². The van der Waals surface area contributed by atoms with Crippen LogP contribution in [0.15, 0.2) is 6.20 Å². The molecule has 20 heavy (non-hydrogen) atoms. The van der Waals surface area contributed by atoms with Crippen LogP contribution in [-0.2, 0) is 12.8 Å². The number of hydrogen-bond donors (Lipinski definition) is 0. The summed E-state index contributed by atoms with van der Waals surface area (Å²) < 4.78 is 0. The molecule has 0 saturated heterocycles. The minimum atomic E-state index is 0.801. The molecule has 1 aromatic heterocycles. The molecular formula is C17H27N3. The number of aromatic nitrogens is 3. The van der Waals surface area contributed by atoms with Crippen LogP contribution in [0.3, 0.4) is 0 Å². The first-order valence-corrected chi connectivity index (χ1v) is 8.57. The summed E-state index contributed by atoms with van der Waals surface area (Å²) in [7, 11) is 0. The van der Waals surface area contributed by atoms with Crippen LogP contribution in [0.5, 0.6) is 0 Å². The molecular weight excluding hydrogens is 246 g/mol. The van der Waals surface area contributed by atoms with E-state index in [4.69, 9.17) is 4.98 Å². The average Bonchev–Trinajstić information content (AvgIpc) is 2.50. The van der Waals surface area contributed by atoms with Gasteiger partial charge in [0.1, 0.15) is 0 Å². The molecule has 3 rings (SSSR count). The lowest BCUT2D eigenvalue weighted by molar-refractivity contribution is 0.345. The summed E-state index contributed by atoms with van der Waals surface area (Å²) in [6.45, 7) is 0. The van der Waals surface area contributed by atoms with E-state index in [0.29, 0.717) is 0 Å². The Hall–Kier alpha value is -0.990. The highest BCUT2D eigenvalue weighted by atomic mass is 15.1. The van der Waals surface area contributed by atoms with Crippen molar-refractivity contribution in [3.05, 3.63) is 17.7 Å². The van der Waals surface area contributed by atoms with E-state index < -0.39 is 0 Å². The van der Waals surface area contributed by atoms with Crippen molar-refractivity contribution >= 4 is 0 Å². The molecule has 3 nitrogen and oxygen atoms in total. The Balaban J connectivity index is 1.57. The molecule has 0 aromatic carbocycles. The Labute approximate surface area is 122 Å². The maximum absolute atomic E-state index is 4.79. The summed E-state index contributed by atoms with van der Waals surface area (Å²) in [5.74, 6) is 2.63. The van der Waals surface area contributed by atoms with E-state index in [1.165, 1.54) is 69.9 Å². The topological polar surface area (TPSA) is 38.7 Å². The van der Waals surface area contributed by atoms with Gasteiger partial charge in [-0.05, 0) is 18.3 Å². The van der Waals surface area contributed by atoms with Gasteiger partial charge in [0.2, 0.25) is 0 Å². The highest BCUT2D eigenvalue weighted by Crippen LogP contribution is 2.27. The van der Waals surface area contributed by atoms with Crippen LogP contribution in [-0.4, -0.2) is 15.2 Å². The Kier molecular flexibility index (Phi) is 4.99. The van der Waals surface area contributed by atoms with E-state index in [1.54, 1.807) is 0 Å². The van der Waals surface area contributed by atoms with E-state index in [2.05, 4.69) is 10.2 Å². The zero-order valence-corrected chi connectivity index (χ0v) is 12.6. The first kappa shape index (κ1) is 14.0. The normalized spacial score (nSPS) is 22.0. The molecule has 2 fully saturated rings. The fraction of sp³-hybridized carbons (Fsp3) is 0.824. The zero-order chi connectivity index (χ0) is 13.6. The lowest BCUT2D eigenvalue weighted by Crippen LogP contribution is -2.15. The van der Waals surface area contributed by atoms with Crippen LogP contribution < -0.4 is 0 Å². The molecule has 0 bridgehead atoms. The molecule has 3 heteroatoms. The van der Waals surface area contributed by atoms with Crippen LogP contribution in [0.25, 0.3) is 0 Å². The van der Waals surface area contributed by atoms with Gasteiger partial charge in [0, 0.05) is 6.42 Å². The van der Waals surface area contributed by atoms with Gasteiger partial charge >= 0.3 is 0 Å². The fourth-order valence-electron chi connectivity index (χ4n) is 3.90. The Morgan fingerprint density at radius 3 is 2.05 bits per heavy atom. The van der Waals surface area contributed by atoms with Gasteiger partial charge in [0.05, 0.1) is 11.9 Å². The lowest BCUT2D eigenvalue weighted by Gasteiger charge is -2.22. The van der Waals surface area contributed by atoms with Gasteiger partial charge in [0.15, 0.2) is 5.82 Å². The van der Waals surface area contributed by atoms with Crippen molar-refractivity contribution in [2.45, 2.75) is 77.0 Å². The van der Waals surface area contributed by atoms with Gasteiger partial charge in [-0.1, -0.05) is 64.2 Å². The van der Waals surface area contributed by atoms with Gasteiger partial charge in [0.25, 0.3) is 0 Å². The second-order valence-corrected chi connectivity index (χ2v) is 6.78. The summed E-state index contributed by atoms with van der Waals surface area (Å²) in [4.78, 5) is 4.79. The van der Waals surface area contributed by atoms with Gasteiger partial charge < -0.3 is 0 Å². The number of hydrogen-bond acceptors (Lipinski definition) is 3. The standard InChI is InChI=1S/C17H27N3/c1-3-7-14(8-4-1)11-16-13-18-20-17(19-16)12-15-9-5-2-6-10-15/h13-15H,1-12H2. The smallest absolute Gasteiger partial charge is 0.151 e. The highest BCUT2D eigenvalue weighted by molar-refractivity contribution is 4.99. The molecule has 0 atom stereocenters. The summed E-state index contributed by atoms with van der Waals surface area (Å²) in [6, 6.07) is 0. The summed E-state index contributed by atoms with van der Waals surface area (Å²) in [6.07, 6.45) is 17.9. The maximum Gasteiger partial charge on any atom is 0.151 e. The molecule has 0 radical (unpaired) electrons. The lowest BCUT2D eigenvalue weighted by atomic mass is 9.86. The van der Waals surface area contributed by atoms with Crippen LogP contribution in [0.1, 0.15) is 75.7 Å². The average molecular weight is 273 g/mol. The van der Waals surface area contributed by atoms with Crippen molar-refractivity contribution in [2.24, 2.45) is 11.8 Å². The molecule has 2 saturated carbocycles. The van der Waals surface area contributed by atoms with Crippen LogP contribution in [0.4, 0.5) is 0 Å². The zero-order valence-electron chi connectivity index (χ0n) is 12.6. The molecule has 1 heterocycles. The van der Waals surface area contributed by atoms with Crippen LogP contribution in [0, 0.1) is 11.8 Å². The molecule has 110 valence electrons. The predicted octanol–water partition coefficient (Wildman–Crippen LogP) is 4.12. The third-order valence-electron chi connectivity index (χ3n) is 5.07. The first-order valence-electron chi connectivity index (χ1n) is 8.57. The SMILES string of the molecule is c1nnc(CC2CCCCC2)nc1CC1CCCCC1. The third-order valence-corrected chi connectivity index (χ3v) is 5.07. The molecule has 0 aliphatic heterocycles. The summed E-state index contributed by atoms with van der Waals surface area (Å²) >= 11 is 0. The second kappa shape index (κ2) is 7.14. The molecule has 0 N–H and O–H groups in total. The molecule has 0 unspecified atom stereocenters. The molecule has 0 spiro atoms. The van der Waals surface area contributed by atoms with Crippen molar-refractivity contribution in [1.29, 1.82) is 0 Å². The molecule has 2 aliphatic carbocycles. The van der Waals surface area contributed by atoms with E-state index in [9.17, 15) is 0 Å². The summed E-state index contributed by atoms with van der Waals surface area (Å²) in [5, 5.41) is 8.47. The van der Waals surface area contributed by atoms with Crippen molar-refractivity contribution in [3.8, 4) is 0 Å². The van der Waals surface area contributed by atoms with Gasteiger partial charge in [-0.2, -0.15) is 5.10 Å². The quantitative estimate of drug-likeness (QED) is 0.828. The Morgan fingerprint density at radius 1 is 0.800 bits per heavy atom. The second-order valence-electron chi connectivity index (χ2n) is 6.78. The Bertz CT molecular complexity index is 371. The fourth-order valence-corrected chi connectivity index (χ4v) is 3.90. The van der Waals surface area contributed by atoms with Gasteiger partial charge in [-0.15, -0.1) is 5.10 Å². The minimum Gasteiger partial charge on any atom is -0.234 e. The van der Waals surface area contributed by atoms with Crippen molar-refractivity contribution in [1.82, 2.24) is 15.2 Å². The largest absolute Gasteiger partial charge is 0.234 e. The van der Waals surface area contributed by atoms with Crippen LogP contribution in [0.2, 0.25) is 0 Å². The van der Waals surface area contributed by atoms with E-state index >= 15 is 0 Å². The maximum atomic E-state index is 4.79. The van der Waals surface area contributed by atoms with Crippen molar-refractivity contribution < 1.29 is 0 Å². The van der Waals surface area contributed by atoms with E-state index in [0.717, 1.165) is 30.5 Å².